The highest BCUT2D eigenvalue weighted by molar-refractivity contribution is 5.91. The van der Waals surface area contributed by atoms with Crippen molar-refractivity contribution < 1.29 is 9.18 Å². The average Bonchev–Trinajstić information content (AvgIpc) is 2.63. The number of amides is 1. The summed E-state index contributed by atoms with van der Waals surface area (Å²) >= 11 is 0. The Morgan fingerprint density at radius 3 is 3.00 bits per heavy atom. The number of imidazole rings is 1. The van der Waals surface area contributed by atoms with E-state index in [2.05, 4.69) is 10.3 Å². The number of anilines is 1. The minimum Gasteiger partial charge on any atom is -0.328 e. The average molecular weight is 264 g/mol. The lowest BCUT2D eigenvalue weighted by atomic mass is 10.2. The minimum absolute atomic E-state index is 0.0136. The number of carbonyl (C=O) groups excluding carboxylic acids is 1. The van der Waals surface area contributed by atoms with Crippen LogP contribution in [0.15, 0.2) is 18.2 Å². The Bertz CT molecular complexity index is 606. The maximum Gasteiger partial charge on any atom is 0.226 e. The maximum absolute atomic E-state index is 13.1. The fourth-order valence-electron chi connectivity index (χ4n) is 1.83. The quantitative estimate of drug-likeness (QED) is 0.884. The van der Waals surface area contributed by atoms with E-state index in [-0.39, 0.29) is 17.8 Å². The molecule has 0 spiro atoms. The number of nitrogens with two attached hydrogens (primary N) is 1. The molecule has 6 heteroatoms. The van der Waals surface area contributed by atoms with Crippen molar-refractivity contribution >= 4 is 22.9 Å². The van der Waals surface area contributed by atoms with Gasteiger partial charge in [0.15, 0.2) is 0 Å². The number of hydrogen-bond donors (Lipinski definition) is 2. The Kier molecular flexibility index (Phi) is 3.80. The van der Waals surface area contributed by atoms with E-state index in [9.17, 15) is 9.18 Å². The van der Waals surface area contributed by atoms with Gasteiger partial charge in [-0.3, -0.25) is 10.1 Å². The molecule has 0 aliphatic rings. The molecule has 19 heavy (non-hydrogen) atoms. The fraction of sp³-hybridized carbons (Fsp3) is 0.385. The van der Waals surface area contributed by atoms with Crippen LogP contribution in [-0.4, -0.2) is 21.5 Å². The number of nitrogens with one attached hydrogen (secondary N) is 1. The molecule has 1 aromatic heterocycles. The van der Waals surface area contributed by atoms with E-state index in [0.717, 1.165) is 5.52 Å². The van der Waals surface area contributed by atoms with Gasteiger partial charge in [-0.15, -0.1) is 0 Å². The number of nitrogens with zero attached hydrogens (tertiary/aromatic N) is 2. The Morgan fingerprint density at radius 1 is 1.58 bits per heavy atom. The Balaban J connectivity index is 2.17. The molecular formula is C13H17FN4O. The summed E-state index contributed by atoms with van der Waals surface area (Å²) in [4.78, 5) is 15.9. The number of aryl methyl sites for hydroxylation is 1. The molecular weight excluding hydrogens is 247 g/mol. The third-order valence-electron chi connectivity index (χ3n) is 2.92. The van der Waals surface area contributed by atoms with Crippen LogP contribution < -0.4 is 11.1 Å². The zero-order valence-corrected chi connectivity index (χ0v) is 11.0. The van der Waals surface area contributed by atoms with Crippen molar-refractivity contribution in [2.45, 2.75) is 25.8 Å². The van der Waals surface area contributed by atoms with E-state index in [1.54, 1.807) is 17.7 Å². The zero-order chi connectivity index (χ0) is 14.0. The molecule has 0 saturated heterocycles. The summed E-state index contributed by atoms with van der Waals surface area (Å²) in [5.41, 5.74) is 6.89. The highest BCUT2D eigenvalue weighted by atomic mass is 19.1. The van der Waals surface area contributed by atoms with Gasteiger partial charge in [0.1, 0.15) is 5.82 Å². The molecule has 0 radical (unpaired) electrons. The molecule has 0 fully saturated rings. The van der Waals surface area contributed by atoms with Gasteiger partial charge in [-0.25, -0.2) is 9.37 Å². The van der Waals surface area contributed by atoms with Gasteiger partial charge in [0.25, 0.3) is 0 Å². The number of aromatic nitrogens is 2. The van der Waals surface area contributed by atoms with Crippen LogP contribution in [0.3, 0.4) is 0 Å². The topological polar surface area (TPSA) is 72.9 Å². The first-order chi connectivity index (χ1) is 8.97. The van der Waals surface area contributed by atoms with Crippen molar-refractivity contribution in [2.75, 3.05) is 5.32 Å². The van der Waals surface area contributed by atoms with E-state index in [0.29, 0.717) is 24.3 Å². The monoisotopic (exact) mass is 264 g/mol. The lowest BCUT2D eigenvalue weighted by Gasteiger charge is -2.06. The van der Waals surface area contributed by atoms with Crippen LogP contribution in [0.4, 0.5) is 10.3 Å². The molecule has 2 rings (SSSR count). The second-order valence-corrected chi connectivity index (χ2v) is 4.69. The minimum atomic E-state index is -0.347. The number of fused-ring (bicyclic) bond motifs is 1. The Morgan fingerprint density at radius 2 is 2.32 bits per heavy atom. The Hall–Kier alpha value is -1.95. The van der Waals surface area contributed by atoms with E-state index < -0.39 is 0 Å². The van der Waals surface area contributed by atoms with Gasteiger partial charge in [-0.05, 0) is 25.5 Å². The lowest BCUT2D eigenvalue weighted by Crippen LogP contribution is -2.20. The number of hydrogen-bond acceptors (Lipinski definition) is 3. The van der Waals surface area contributed by atoms with E-state index in [1.165, 1.54) is 12.1 Å². The van der Waals surface area contributed by atoms with Crippen molar-refractivity contribution in [3.63, 3.8) is 0 Å². The third kappa shape index (κ3) is 3.08. The van der Waals surface area contributed by atoms with Crippen molar-refractivity contribution in [1.29, 1.82) is 0 Å². The van der Waals surface area contributed by atoms with Crippen molar-refractivity contribution in [2.24, 2.45) is 12.8 Å². The smallest absolute Gasteiger partial charge is 0.226 e. The maximum atomic E-state index is 13.1. The van der Waals surface area contributed by atoms with Crippen LogP contribution >= 0.6 is 0 Å². The molecule has 1 heterocycles. The first kappa shape index (κ1) is 13.5. The SMILES string of the molecule is CC(N)CCC(=O)Nc1nc2cc(F)ccc2n1C. The van der Waals surface area contributed by atoms with E-state index in [1.807, 2.05) is 6.92 Å². The molecule has 1 amide bonds. The van der Waals surface area contributed by atoms with Crippen LogP contribution in [0.25, 0.3) is 11.0 Å². The normalized spacial score (nSPS) is 12.6. The second-order valence-electron chi connectivity index (χ2n) is 4.69. The summed E-state index contributed by atoms with van der Waals surface area (Å²) in [7, 11) is 1.77. The van der Waals surface area contributed by atoms with E-state index in [4.69, 9.17) is 5.73 Å². The number of halogens is 1. The van der Waals surface area contributed by atoms with Gasteiger partial charge in [0, 0.05) is 25.6 Å². The lowest BCUT2D eigenvalue weighted by molar-refractivity contribution is -0.116. The summed E-state index contributed by atoms with van der Waals surface area (Å²) in [6, 6.07) is 4.33. The van der Waals surface area contributed by atoms with Gasteiger partial charge >= 0.3 is 0 Å². The second kappa shape index (κ2) is 5.36. The molecule has 3 N–H and O–H groups in total. The van der Waals surface area contributed by atoms with Gasteiger partial charge in [0.2, 0.25) is 11.9 Å². The zero-order valence-electron chi connectivity index (χ0n) is 11.0. The summed E-state index contributed by atoms with van der Waals surface area (Å²) in [6.45, 7) is 1.85. The highest BCUT2D eigenvalue weighted by Gasteiger charge is 2.11. The predicted molar refractivity (Wildman–Crippen MR) is 72.2 cm³/mol. The first-order valence-electron chi connectivity index (χ1n) is 6.15. The molecule has 2 aromatic rings. The molecule has 0 saturated carbocycles. The summed E-state index contributed by atoms with van der Waals surface area (Å²) in [5.74, 6) is -0.0770. The van der Waals surface area contributed by atoms with Crippen LogP contribution in [0.1, 0.15) is 19.8 Å². The Labute approximate surface area is 110 Å². The van der Waals surface area contributed by atoms with Crippen molar-refractivity contribution in [1.82, 2.24) is 9.55 Å². The molecule has 5 nitrogen and oxygen atoms in total. The van der Waals surface area contributed by atoms with Gasteiger partial charge in [-0.2, -0.15) is 0 Å². The van der Waals surface area contributed by atoms with Crippen LogP contribution in [0.5, 0.6) is 0 Å². The van der Waals surface area contributed by atoms with Crippen LogP contribution in [0, 0.1) is 5.82 Å². The predicted octanol–water partition coefficient (Wildman–Crippen LogP) is 1.78. The molecule has 1 atom stereocenters. The fourth-order valence-corrected chi connectivity index (χ4v) is 1.83. The van der Waals surface area contributed by atoms with Crippen LogP contribution in [0.2, 0.25) is 0 Å². The molecule has 0 aliphatic heterocycles. The molecule has 1 aromatic carbocycles. The highest BCUT2D eigenvalue weighted by Crippen LogP contribution is 2.19. The third-order valence-corrected chi connectivity index (χ3v) is 2.92. The van der Waals surface area contributed by atoms with Crippen molar-refractivity contribution in [3.8, 4) is 0 Å². The summed E-state index contributed by atoms with van der Waals surface area (Å²) in [5, 5.41) is 2.71. The van der Waals surface area contributed by atoms with Gasteiger partial charge in [0.05, 0.1) is 11.0 Å². The number of benzene rings is 1. The largest absolute Gasteiger partial charge is 0.328 e. The number of rotatable bonds is 4. The summed E-state index contributed by atoms with van der Waals surface area (Å²) < 4.78 is 14.8. The molecule has 0 bridgehead atoms. The standard InChI is InChI=1S/C13H17FN4O/c1-8(15)3-6-12(19)17-13-16-10-7-9(14)4-5-11(10)18(13)2/h4-5,7-8H,3,6,15H2,1-2H3,(H,16,17,19). The van der Waals surface area contributed by atoms with Gasteiger partial charge < -0.3 is 10.3 Å². The van der Waals surface area contributed by atoms with E-state index >= 15 is 0 Å². The van der Waals surface area contributed by atoms with Crippen molar-refractivity contribution in [3.05, 3.63) is 24.0 Å². The first-order valence-corrected chi connectivity index (χ1v) is 6.15. The molecule has 0 aliphatic carbocycles. The molecule has 102 valence electrons. The van der Waals surface area contributed by atoms with Crippen LogP contribution in [-0.2, 0) is 11.8 Å². The molecule has 1 unspecified atom stereocenters. The number of carbonyl (C=O) groups is 1. The summed E-state index contributed by atoms with van der Waals surface area (Å²) in [6.07, 6.45) is 0.958. The van der Waals surface area contributed by atoms with Gasteiger partial charge in [-0.1, -0.05) is 0 Å².